The maximum atomic E-state index is 12.9. The topological polar surface area (TPSA) is 95.6 Å². The van der Waals surface area contributed by atoms with Gasteiger partial charge in [-0.05, 0) is 63.2 Å². The molecule has 0 aliphatic heterocycles. The molecule has 0 heterocycles. The van der Waals surface area contributed by atoms with Gasteiger partial charge in [0.15, 0.2) is 0 Å². The monoisotopic (exact) mass is 465 g/mol. The van der Waals surface area contributed by atoms with Crippen LogP contribution < -0.4 is 10.0 Å². The van der Waals surface area contributed by atoms with Gasteiger partial charge in [-0.15, -0.1) is 0 Å². The van der Waals surface area contributed by atoms with Gasteiger partial charge in [-0.25, -0.2) is 8.42 Å². The SMILES string of the molecule is CCN(CC)C(=O)c1ccccc1NC(=O)c1cccc(NS(=O)(=O)c2ccc(C)cc2)c1. The fourth-order valence-electron chi connectivity index (χ4n) is 3.31. The van der Waals surface area contributed by atoms with E-state index in [4.69, 9.17) is 0 Å². The van der Waals surface area contributed by atoms with E-state index >= 15 is 0 Å². The molecular formula is C25H27N3O4S. The molecule has 3 rings (SSSR count). The molecule has 0 saturated heterocycles. The number of para-hydroxylation sites is 1. The Balaban J connectivity index is 1.81. The molecule has 172 valence electrons. The molecule has 7 nitrogen and oxygen atoms in total. The number of rotatable bonds is 8. The average molecular weight is 466 g/mol. The van der Waals surface area contributed by atoms with Crippen molar-refractivity contribution in [2.45, 2.75) is 25.7 Å². The summed E-state index contributed by atoms with van der Waals surface area (Å²) in [6, 6.07) is 19.5. The second kappa shape index (κ2) is 10.3. The van der Waals surface area contributed by atoms with Gasteiger partial charge >= 0.3 is 0 Å². The Morgan fingerprint density at radius 2 is 1.55 bits per heavy atom. The summed E-state index contributed by atoms with van der Waals surface area (Å²) in [4.78, 5) is 27.5. The Morgan fingerprint density at radius 1 is 0.879 bits per heavy atom. The summed E-state index contributed by atoms with van der Waals surface area (Å²) in [5.74, 6) is -0.623. The highest BCUT2D eigenvalue weighted by Gasteiger charge is 2.19. The lowest BCUT2D eigenvalue weighted by atomic mass is 10.1. The molecule has 3 aromatic rings. The first-order valence-corrected chi connectivity index (χ1v) is 12.1. The number of hydrogen-bond donors (Lipinski definition) is 2. The maximum absolute atomic E-state index is 12.9. The number of hydrogen-bond acceptors (Lipinski definition) is 4. The van der Waals surface area contributed by atoms with E-state index < -0.39 is 15.9 Å². The van der Waals surface area contributed by atoms with Crippen molar-refractivity contribution in [2.75, 3.05) is 23.1 Å². The molecule has 0 unspecified atom stereocenters. The zero-order valence-corrected chi connectivity index (χ0v) is 19.6. The first kappa shape index (κ1) is 24.0. The molecule has 2 amide bonds. The molecule has 0 bridgehead atoms. The van der Waals surface area contributed by atoms with Crippen molar-refractivity contribution >= 4 is 33.2 Å². The number of sulfonamides is 1. The van der Waals surface area contributed by atoms with Crippen molar-refractivity contribution in [3.05, 3.63) is 89.5 Å². The van der Waals surface area contributed by atoms with E-state index in [0.717, 1.165) is 5.56 Å². The number of nitrogens with one attached hydrogen (secondary N) is 2. The van der Waals surface area contributed by atoms with E-state index in [1.54, 1.807) is 59.5 Å². The molecule has 0 aliphatic carbocycles. The van der Waals surface area contributed by atoms with Crippen LogP contribution in [0.5, 0.6) is 0 Å². The summed E-state index contributed by atoms with van der Waals surface area (Å²) < 4.78 is 27.8. The lowest BCUT2D eigenvalue weighted by Gasteiger charge is -2.20. The minimum atomic E-state index is -3.80. The van der Waals surface area contributed by atoms with Crippen molar-refractivity contribution in [3.63, 3.8) is 0 Å². The standard InChI is InChI=1S/C25H27N3O4S/c1-4-28(5-2)25(30)22-11-6-7-12-23(22)26-24(29)19-9-8-10-20(17-19)27-33(31,32)21-15-13-18(3)14-16-21/h6-17,27H,4-5H2,1-3H3,(H,26,29). The Hall–Kier alpha value is -3.65. The van der Waals surface area contributed by atoms with Crippen LogP contribution in [0.2, 0.25) is 0 Å². The van der Waals surface area contributed by atoms with Gasteiger partial charge in [0.05, 0.1) is 16.1 Å². The zero-order chi connectivity index (χ0) is 24.0. The Labute approximate surface area is 194 Å². The molecule has 0 atom stereocenters. The predicted molar refractivity (Wildman–Crippen MR) is 130 cm³/mol. The van der Waals surface area contributed by atoms with Crippen LogP contribution in [0, 0.1) is 6.92 Å². The number of anilines is 2. The molecule has 0 radical (unpaired) electrons. The third kappa shape index (κ3) is 5.78. The summed E-state index contributed by atoms with van der Waals surface area (Å²) in [6.07, 6.45) is 0. The van der Waals surface area contributed by atoms with Gasteiger partial charge in [-0.1, -0.05) is 35.9 Å². The molecule has 3 aromatic carbocycles. The highest BCUT2D eigenvalue weighted by molar-refractivity contribution is 7.92. The Morgan fingerprint density at radius 3 is 2.21 bits per heavy atom. The van der Waals surface area contributed by atoms with Gasteiger partial charge < -0.3 is 10.2 Å². The van der Waals surface area contributed by atoms with Crippen LogP contribution in [0.3, 0.4) is 0 Å². The van der Waals surface area contributed by atoms with E-state index in [-0.39, 0.29) is 22.1 Å². The predicted octanol–water partition coefficient (Wildman–Crippen LogP) is 4.53. The van der Waals surface area contributed by atoms with Crippen LogP contribution in [0.25, 0.3) is 0 Å². The van der Waals surface area contributed by atoms with Crippen LogP contribution in [-0.4, -0.2) is 38.2 Å². The summed E-state index contributed by atoms with van der Waals surface area (Å²) in [5.41, 5.74) is 2.25. The number of amides is 2. The molecular weight excluding hydrogens is 438 g/mol. The van der Waals surface area contributed by atoms with Crippen LogP contribution in [0.4, 0.5) is 11.4 Å². The molecule has 8 heteroatoms. The van der Waals surface area contributed by atoms with Gasteiger partial charge in [-0.2, -0.15) is 0 Å². The Bertz CT molecular complexity index is 1250. The molecule has 33 heavy (non-hydrogen) atoms. The summed E-state index contributed by atoms with van der Waals surface area (Å²) in [7, 11) is -3.80. The van der Waals surface area contributed by atoms with E-state index in [9.17, 15) is 18.0 Å². The van der Waals surface area contributed by atoms with Gasteiger partial charge in [0.1, 0.15) is 0 Å². The van der Waals surface area contributed by atoms with Crippen molar-refractivity contribution in [1.29, 1.82) is 0 Å². The van der Waals surface area contributed by atoms with Crippen LogP contribution in [0.15, 0.2) is 77.7 Å². The summed E-state index contributed by atoms with van der Waals surface area (Å²) in [6.45, 7) is 6.78. The van der Waals surface area contributed by atoms with Crippen molar-refractivity contribution in [1.82, 2.24) is 4.90 Å². The van der Waals surface area contributed by atoms with E-state index in [0.29, 0.717) is 24.3 Å². The minimum absolute atomic E-state index is 0.131. The minimum Gasteiger partial charge on any atom is -0.339 e. The maximum Gasteiger partial charge on any atom is 0.261 e. The number of benzene rings is 3. The van der Waals surface area contributed by atoms with Gasteiger partial charge in [0.2, 0.25) is 0 Å². The summed E-state index contributed by atoms with van der Waals surface area (Å²) in [5, 5.41) is 2.78. The molecule has 0 aromatic heterocycles. The van der Waals surface area contributed by atoms with Crippen LogP contribution in [-0.2, 0) is 10.0 Å². The number of carbonyl (C=O) groups is 2. The molecule has 0 saturated carbocycles. The normalized spacial score (nSPS) is 11.0. The zero-order valence-electron chi connectivity index (χ0n) is 18.8. The van der Waals surface area contributed by atoms with Gasteiger partial charge in [0, 0.05) is 24.3 Å². The number of aryl methyl sites for hydroxylation is 1. The van der Waals surface area contributed by atoms with E-state index in [2.05, 4.69) is 10.0 Å². The molecule has 0 fully saturated rings. The highest BCUT2D eigenvalue weighted by Crippen LogP contribution is 2.21. The van der Waals surface area contributed by atoms with Gasteiger partial charge in [0.25, 0.3) is 21.8 Å². The quantitative estimate of drug-likeness (QED) is 0.511. The first-order chi connectivity index (χ1) is 15.7. The lowest BCUT2D eigenvalue weighted by Crippen LogP contribution is -2.31. The van der Waals surface area contributed by atoms with Crippen molar-refractivity contribution in [2.24, 2.45) is 0 Å². The molecule has 0 spiro atoms. The smallest absolute Gasteiger partial charge is 0.261 e. The Kier molecular flexibility index (Phi) is 7.50. The number of carbonyl (C=O) groups excluding carboxylic acids is 2. The molecule has 0 aliphatic rings. The first-order valence-electron chi connectivity index (χ1n) is 10.6. The molecule has 2 N–H and O–H groups in total. The third-order valence-corrected chi connectivity index (χ3v) is 6.56. The third-order valence-electron chi connectivity index (χ3n) is 5.16. The second-order valence-corrected chi connectivity index (χ2v) is 9.16. The van der Waals surface area contributed by atoms with Crippen molar-refractivity contribution in [3.8, 4) is 0 Å². The summed E-state index contributed by atoms with van der Waals surface area (Å²) >= 11 is 0. The van der Waals surface area contributed by atoms with Crippen LogP contribution >= 0.6 is 0 Å². The largest absolute Gasteiger partial charge is 0.339 e. The fourth-order valence-corrected chi connectivity index (χ4v) is 4.36. The van der Waals surface area contributed by atoms with Gasteiger partial charge in [-0.3, -0.25) is 14.3 Å². The second-order valence-electron chi connectivity index (χ2n) is 7.48. The van der Waals surface area contributed by atoms with Crippen LogP contribution in [0.1, 0.15) is 40.1 Å². The lowest BCUT2D eigenvalue weighted by molar-refractivity contribution is 0.0774. The van der Waals surface area contributed by atoms with E-state index in [1.807, 2.05) is 20.8 Å². The average Bonchev–Trinajstić information content (AvgIpc) is 2.80. The number of nitrogens with zero attached hydrogens (tertiary/aromatic N) is 1. The van der Waals surface area contributed by atoms with Crippen molar-refractivity contribution < 1.29 is 18.0 Å². The highest BCUT2D eigenvalue weighted by atomic mass is 32.2. The fraction of sp³-hybridized carbons (Fsp3) is 0.200. The van der Waals surface area contributed by atoms with E-state index in [1.165, 1.54) is 18.2 Å².